The van der Waals surface area contributed by atoms with Gasteiger partial charge in [0.1, 0.15) is 0 Å². The molecule has 0 aliphatic carbocycles. The fraction of sp³-hybridized carbons (Fsp3) is 1.00. The normalized spacial score (nSPS) is 56.9. The van der Waals surface area contributed by atoms with Crippen LogP contribution in [0.15, 0.2) is 0 Å². The molecule has 0 N–H and O–H groups in total. The van der Waals surface area contributed by atoms with Gasteiger partial charge in [-0.3, -0.25) is 0 Å². The zero-order chi connectivity index (χ0) is 30.5. The lowest BCUT2D eigenvalue weighted by Gasteiger charge is -2.51. The highest BCUT2D eigenvalue weighted by Gasteiger charge is 2.50. The predicted molar refractivity (Wildman–Crippen MR) is 160 cm³/mol. The van der Waals surface area contributed by atoms with Crippen molar-refractivity contribution in [2.75, 3.05) is 0 Å². The number of rotatable bonds is 6. The van der Waals surface area contributed by atoms with Crippen LogP contribution in [0.3, 0.4) is 0 Å². The molecule has 12 unspecified atom stereocenters. The van der Waals surface area contributed by atoms with Crippen LogP contribution in [0.4, 0.5) is 0 Å². The van der Waals surface area contributed by atoms with Crippen molar-refractivity contribution in [3.05, 3.63) is 0 Å². The van der Waals surface area contributed by atoms with Crippen molar-refractivity contribution < 1.29 is 33.2 Å². The molecule has 4 saturated heterocycles. The van der Waals surface area contributed by atoms with Gasteiger partial charge in [-0.2, -0.15) is 0 Å². The van der Waals surface area contributed by atoms with Gasteiger partial charge in [-0.15, -0.1) is 0 Å². The average Bonchev–Trinajstić information content (AvgIpc) is 2.92. The molecule has 4 rings (SSSR count). The SMILES string of the molecule is CC1C(C)[C@H](C)C(C)O[C@H]1OC1C(C)[C@H](OC2C(C)[C@H](OC3C(C)[C@H](C)OC(C)[C@H]3C)OC(C)[C@H]2C)OC(C)[C@H]1C. The van der Waals surface area contributed by atoms with Crippen molar-refractivity contribution in [2.24, 2.45) is 53.3 Å². The quantitative estimate of drug-likeness (QED) is 0.337. The van der Waals surface area contributed by atoms with Gasteiger partial charge >= 0.3 is 0 Å². The van der Waals surface area contributed by atoms with E-state index in [0.717, 1.165) is 0 Å². The second-order valence-corrected chi connectivity index (χ2v) is 14.7. The average molecular weight is 583 g/mol. The first-order valence-corrected chi connectivity index (χ1v) is 16.7. The van der Waals surface area contributed by atoms with Crippen LogP contribution in [0, 0.1) is 53.3 Å². The van der Waals surface area contributed by atoms with Crippen LogP contribution in [0.2, 0.25) is 0 Å². The van der Waals surface area contributed by atoms with Crippen LogP contribution < -0.4 is 0 Å². The molecule has 0 radical (unpaired) electrons. The Morgan fingerprint density at radius 3 is 0.902 bits per heavy atom. The highest BCUT2D eigenvalue weighted by molar-refractivity contribution is 4.92. The van der Waals surface area contributed by atoms with Gasteiger partial charge in [0.25, 0.3) is 0 Å². The molecule has 0 aromatic rings. The minimum absolute atomic E-state index is 0.00486. The molecule has 0 spiro atoms. The number of hydrogen-bond acceptors (Lipinski definition) is 7. The summed E-state index contributed by atoms with van der Waals surface area (Å²) in [5.41, 5.74) is 0. The highest BCUT2D eigenvalue weighted by Crippen LogP contribution is 2.43. The van der Waals surface area contributed by atoms with E-state index in [2.05, 4.69) is 96.9 Å². The molecule has 4 aliphatic heterocycles. The molecule has 4 heterocycles. The van der Waals surface area contributed by atoms with Crippen molar-refractivity contribution in [1.29, 1.82) is 0 Å². The molecule has 0 aromatic carbocycles. The van der Waals surface area contributed by atoms with Gasteiger partial charge in [0.05, 0.1) is 48.8 Å². The molecular formula is C34H62O7. The van der Waals surface area contributed by atoms with Gasteiger partial charge in [0, 0.05) is 41.4 Å². The second-order valence-electron chi connectivity index (χ2n) is 14.7. The van der Waals surface area contributed by atoms with Crippen LogP contribution in [0.5, 0.6) is 0 Å². The number of ether oxygens (including phenoxy) is 7. The minimum atomic E-state index is -0.374. The van der Waals surface area contributed by atoms with Crippen molar-refractivity contribution in [1.82, 2.24) is 0 Å². The van der Waals surface area contributed by atoms with Crippen molar-refractivity contribution in [2.45, 2.75) is 165 Å². The Balaban J connectivity index is 1.47. The van der Waals surface area contributed by atoms with E-state index in [1.807, 2.05) is 0 Å². The molecule has 4 fully saturated rings. The molecule has 20 atom stereocenters. The molecule has 7 heteroatoms. The van der Waals surface area contributed by atoms with Crippen LogP contribution in [0.25, 0.3) is 0 Å². The van der Waals surface area contributed by atoms with Crippen LogP contribution in [-0.2, 0) is 33.2 Å². The lowest BCUT2D eigenvalue weighted by molar-refractivity contribution is -0.350. The smallest absolute Gasteiger partial charge is 0.163 e. The Labute approximate surface area is 251 Å². The first kappa shape index (κ1) is 33.6. The van der Waals surface area contributed by atoms with Crippen molar-refractivity contribution in [3.8, 4) is 0 Å². The maximum atomic E-state index is 6.95. The van der Waals surface area contributed by atoms with Gasteiger partial charge in [-0.25, -0.2) is 0 Å². The third-order valence-corrected chi connectivity index (χ3v) is 12.1. The summed E-state index contributed by atoms with van der Waals surface area (Å²) in [6.07, 6.45) is -0.472. The number of hydrogen-bond donors (Lipinski definition) is 0. The van der Waals surface area contributed by atoms with Crippen molar-refractivity contribution in [3.63, 3.8) is 0 Å². The summed E-state index contributed by atoms with van der Waals surface area (Å²) >= 11 is 0. The summed E-state index contributed by atoms with van der Waals surface area (Å²) in [6.45, 7) is 30.9. The molecule has 0 aromatic heterocycles. The molecule has 41 heavy (non-hydrogen) atoms. The monoisotopic (exact) mass is 582 g/mol. The predicted octanol–water partition coefficient (Wildman–Crippen LogP) is 6.91. The van der Waals surface area contributed by atoms with Crippen LogP contribution >= 0.6 is 0 Å². The lowest BCUT2D eigenvalue weighted by Crippen LogP contribution is -2.58. The summed E-state index contributed by atoms with van der Waals surface area (Å²) in [5, 5.41) is 0. The van der Waals surface area contributed by atoms with Gasteiger partial charge in [-0.1, -0.05) is 62.3 Å². The maximum Gasteiger partial charge on any atom is 0.163 e. The summed E-state index contributed by atoms with van der Waals surface area (Å²) in [5.74, 6) is 2.46. The standard InChI is InChI=1S/C34H62O7/c1-15-16(2)24(10)36-32(17(15)3)40-30-20(6)27(13)38-34(22(30)8)41-31-21(7)28(14)37-33(23(31)9)39-29-18(4)25(11)35-26(12)19(29)5/h15-34H,1-14H3/t15?,16-,17?,18+,19?,20+,21+,22?,23?,24?,25?,26-,27?,28?,29?,30?,31?,32-,33-,34-/m0/s1. The largest absolute Gasteiger partial charge is 0.375 e. The van der Waals surface area contributed by atoms with Gasteiger partial charge in [0.2, 0.25) is 0 Å². The molecule has 0 amide bonds. The van der Waals surface area contributed by atoms with E-state index in [9.17, 15) is 0 Å². The molecule has 0 bridgehead atoms. The van der Waals surface area contributed by atoms with Crippen LogP contribution in [-0.4, -0.2) is 67.7 Å². The fourth-order valence-corrected chi connectivity index (χ4v) is 7.61. The molecule has 7 nitrogen and oxygen atoms in total. The third kappa shape index (κ3) is 6.72. The summed E-state index contributed by atoms with van der Waals surface area (Å²) in [6, 6.07) is 0. The zero-order valence-corrected chi connectivity index (χ0v) is 28.4. The molecule has 4 aliphatic rings. The summed E-state index contributed by atoms with van der Waals surface area (Å²) in [4.78, 5) is 0. The Kier molecular flexibility index (Phi) is 11.0. The van der Waals surface area contributed by atoms with Gasteiger partial charge in [-0.05, 0) is 46.5 Å². The topological polar surface area (TPSA) is 64.6 Å². The van der Waals surface area contributed by atoms with E-state index in [4.69, 9.17) is 33.2 Å². The van der Waals surface area contributed by atoms with E-state index in [1.54, 1.807) is 0 Å². The second kappa shape index (κ2) is 13.4. The zero-order valence-electron chi connectivity index (χ0n) is 28.4. The Morgan fingerprint density at radius 2 is 0.537 bits per heavy atom. The van der Waals surface area contributed by atoms with Crippen LogP contribution in [0.1, 0.15) is 96.9 Å². The lowest BCUT2D eigenvalue weighted by atomic mass is 9.79. The first-order chi connectivity index (χ1) is 19.1. The van der Waals surface area contributed by atoms with E-state index in [1.165, 1.54) is 0 Å². The van der Waals surface area contributed by atoms with E-state index < -0.39 is 0 Å². The van der Waals surface area contributed by atoms with Crippen molar-refractivity contribution >= 4 is 0 Å². The van der Waals surface area contributed by atoms with E-state index >= 15 is 0 Å². The fourth-order valence-electron chi connectivity index (χ4n) is 7.61. The highest BCUT2D eigenvalue weighted by atomic mass is 16.7. The van der Waals surface area contributed by atoms with Gasteiger partial charge < -0.3 is 33.2 Å². The summed E-state index contributed by atoms with van der Waals surface area (Å²) < 4.78 is 46.2. The third-order valence-electron chi connectivity index (χ3n) is 12.1. The maximum absolute atomic E-state index is 6.95. The van der Waals surface area contributed by atoms with E-state index in [0.29, 0.717) is 17.8 Å². The summed E-state index contributed by atoms with van der Waals surface area (Å²) in [7, 11) is 0. The molecular weight excluding hydrogens is 520 g/mol. The van der Waals surface area contributed by atoms with E-state index in [-0.39, 0.29) is 103 Å². The Morgan fingerprint density at radius 1 is 0.268 bits per heavy atom. The Hall–Kier alpha value is -0.280. The Bertz CT molecular complexity index is 826. The minimum Gasteiger partial charge on any atom is -0.375 e. The first-order valence-electron chi connectivity index (χ1n) is 16.7. The molecule has 0 saturated carbocycles. The van der Waals surface area contributed by atoms with Gasteiger partial charge in [0.15, 0.2) is 18.9 Å². The molecule has 240 valence electrons.